The maximum absolute atomic E-state index is 11.4. The van der Waals surface area contributed by atoms with Crippen LogP contribution in [0.4, 0.5) is 9.59 Å². The fourth-order valence-electron chi connectivity index (χ4n) is 1.89. The Balaban J connectivity index is 2.84. The zero-order valence-electron chi connectivity index (χ0n) is 11.0. The van der Waals surface area contributed by atoms with Crippen molar-refractivity contribution in [3.63, 3.8) is 0 Å². The number of carbonyl (C=O) groups excluding carboxylic acids is 3. The molecule has 7 heteroatoms. The summed E-state index contributed by atoms with van der Waals surface area (Å²) in [5.41, 5.74) is 0.149. The van der Waals surface area contributed by atoms with Crippen LogP contribution in [0.1, 0.15) is 36.7 Å². The lowest BCUT2D eigenvalue weighted by molar-refractivity contribution is 0.0843. The Hall–Kier alpha value is -1.64. The average molecular weight is 390 g/mol. The molecule has 2 rings (SSSR count). The molecule has 0 radical (unpaired) electrons. The lowest BCUT2D eigenvalue weighted by atomic mass is 9.84. The molecule has 1 heterocycles. The van der Waals surface area contributed by atoms with E-state index in [1.165, 1.54) is 6.07 Å². The minimum Gasteiger partial charge on any atom is -0.393 e. The largest absolute Gasteiger partial charge is 0.524 e. The molecule has 0 unspecified atom stereocenters. The number of carbonyl (C=O) groups is 3. The van der Waals surface area contributed by atoms with Gasteiger partial charge in [0.25, 0.3) is 0 Å². The Morgan fingerprint density at radius 2 is 1.60 bits per heavy atom. The van der Waals surface area contributed by atoms with Gasteiger partial charge in [-0.25, -0.2) is 9.59 Å². The van der Waals surface area contributed by atoms with Crippen LogP contribution in [0.2, 0.25) is 0 Å². The van der Waals surface area contributed by atoms with Gasteiger partial charge in [-0.2, -0.15) is 0 Å². The second-order valence-electron chi connectivity index (χ2n) is 5.15. The van der Waals surface area contributed by atoms with Gasteiger partial charge in [0.15, 0.2) is 17.8 Å². The van der Waals surface area contributed by atoms with Gasteiger partial charge in [0.1, 0.15) is 0 Å². The van der Waals surface area contributed by atoms with Crippen molar-refractivity contribution in [2.75, 3.05) is 0 Å². The van der Waals surface area contributed by atoms with Crippen LogP contribution in [0.3, 0.4) is 0 Å². The third kappa shape index (κ3) is 2.62. The first-order chi connectivity index (χ1) is 9.24. The summed E-state index contributed by atoms with van der Waals surface area (Å²) in [6.07, 6.45) is -1.81. The average Bonchev–Trinajstić information content (AvgIpc) is 2.29. The maximum atomic E-state index is 11.4. The topological polar surface area (TPSA) is 78.9 Å². The maximum Gasteiger partial charge on any atom is 0.524 e. The molecule has 6 nitrogen and oxygen atoms in total. The quantitative estimate of drug-likeness (QED) is 0.240. The first-order valence-corrected chi connectivity index (χ1v) is 6.75. The molecule has 106 valence electrons. The van der Waals surface area contributed by atoms with Gasteiger partial charge in [-0.3, -0.25) is 4.79 Å². The molecular weight excluding hydrogens is 379 g/mol. The number of aldehydes is 1. The molecule has 0 aromatic heterocycles. The first kappa shape index (κ1) is 14.8. The molecule has 1 aromatic rings. The highest BCUT2D eigenvalue weighted by Gasteiger charge is 2.34. The van der Waals surface area contributed by atoms with E-state index in [9.17, 15) is 14.4 Å². The number of hydrogen-bond donors (Lipinski definition) is 0. The summed E-state index contributed by atoms with van der Waals surface area (Å²) in [5.74, 6) is 0.289. The molecule has 1 aliphatic rings. The number of fused-ring (bicyclic) bond motifs is 2. The van der Waals surface area contributed by atoms with Crippen LogP contribution in [0.15, 0.2) is 6.07 Å². The number of hydrogen-bond acceptors (Lipinski definition) is 6. The summed E-state index contributed by atoms with van der Waals surface area (Å²) in [7, 11) is 0. The Morgan fingerprint density at radius 3 is 2.10 bits per heavy atom. The van der Waals surface area contributed by atoms with Gasteiger partial charge < -0.3 is 14.2 Å². The normalized spacial score (nSPS) is 14.6. The van der Waals surface area contributed by atoms with E-state index >= 15 is 0 Å². The predicted octanol–water partition coefficient (Wildman–Crippen LogP) is 3.43. The molecule has 0 atom stereocenters. The SMILES string of the molecule is CC(C)(C)c1c2c(I)cc(C=O)c1OC(=O)OC(=O)O2. The van der Waals surface area contributed by atoms with Crippen molar-refractivity contribution in [2.24, 2.45) is 0 Å². The Morgan fingerprint density at radius 1 is 1.05 bits per heavy atom. The van der Waals surface area contributed by atoms with E-state index in [2.05, 4.69) is 4.74 Å². The molecule has 1 aliphatic heterocycles. The highest BCUT2D eigenvalue weighted by Crippen LogP contribution is 2.44. The van der Waals surface area contributed by atoms with E-state index in [0.29, 0.717) is 15.4 Å². The third-order valence-corrected chi connectivity index (χ3v) is 3.43. The summed E-state index contributed by atoms with van der Waals surface area (Å²) in [4.78, 5) is 34.0. The van der Waals surface area contributed by atoms with Crippen LogP contribution in [0.5, 0.6) is 11.5 Å². The van der Waals surface area contributed by atoms with E-state index in [1.807, 2.05) is 43.4 Å². The van der Waals surface area contributed by atoms with Gasteiger partial charge in [-0.15, -0.1) is 0 Å². The van der Waals surface area contributed by atoms with E-state index in [0.717, 1.165) is 0 Å². The third-order valence-electron chi connectivity index (χ3n) is 2.63. The minimum atomic E-state index is -1.23. The van der Waals surface area contributed by atoms with Gasteiger partial charge >= 0.3 is 12.3 Å². The summed E-state index contributed by atoms with van der Waals surface area (Å²) in [6.45, 7) is 5.55. The van der Waals surface area contributed by atoms with Crippen molar-refractivity contribution in [3.8, 4) is 11.5 Å². The van der Waals surface area contributed by atoms with Crippen LogP contribution in [-0.4, -0.2) is 18.6 Å². The number of benzene rings is 1. The summed E-state index contributed by atoms with van der Waals surface area (Å²) in [6, 6.07) is 1.49. The Bertz CT molecular complexity index is 614. The van der Waals surface area contributed by atoms with Crippen LogP contribution in [0, 0.1) is 3.57 Å². The van der Waals surface area contributed by atoms with Crippen LogP contribution in [-0.2, 0) is 10.2 Å². The highest BCUT2D eigenvalue weighted by molar-refractivity contribution is 14.1. The molecule has 0 fully saturated rings. The van der Waals surface area contributed by atoms with Crippen molar-refractivity contribution in [1.29, 1.82) is 0 Å². The summed E-state index contributed by atoms with van der Waals surface area (Å²) >= 11 is 1.94. The fourth-order valence-corrected chi connectivity index (χ4v) is 2.60. The molecule has 0 spiro atoms. The van der Waals surface area contributed by atoms with E-state index in [4.69, 9.17) is 9.47 Å². The zero-order valence-corrected chi connectivity index (χ0v) is 13.1. The number of cyclic esters (lactones) is 2. The van der Waals surface area contributed by atoms with Gasteiger partial charge in [-0.1, -0.05) is 20.8 Å². The molecule has 1 aromatic carbocycles. The number of halogens is 1. The molecule has 0 amide bonds. The highest BCUT2D eigenvalue weighted by atomic mass is 127. The monoisotopic (exact) mass is 390 g/mol. The number of ether oxygens (including phenoxy) is 3. The molecular formula is C13H11IO6. The van der Waals surface area contributed by atoms with Crippen LogP contribution >= 0.6 is 22.6 Å². The molecule has 2 bridgehead atoms. The summed E-state index contributed by atoms with van der Waals surface area (Å²) < 4.78 is 14.9. The Labute approximate surface area is 128 Å². The minimum absolute atomic E-state index is 0.0559. The standard InChI is InChI=1S/C13H11IO6/c1-13(2,3)8-9-6(5-15)4-7(14)10(8)19-12(17)20-11(16)18-9/h4-5H,1-3H3. The van der Waals surface area contributed by atoms with Crippen molar-refractivity contribution in [2.45, 2.75) is 26.2 Å². The first-order valence-electron chi connectivity index (χ1n) is 5.67. The lowest BCUT2D eigenvalue weighted by Gasteiger charge is -2.27. The molecule has 20 heavy (non-hydrogen) atoms. The van der Waals surface area contributed by atoms with Gasteiger partial charge in [-0.05, 0) is 34.1 Å². The van der Waals surface area contributed by atoms with Gasteiger partial charge in [0.2, 0.25) is 0 Å². The predicted molar refractivity (Wildman–Crippen MR) is 76.4 cm³/mol. The molecule has 0 aliphatic carbocycles. The van der Waals surface area contributed by atoms with E-state index < -0.39 is 17.7 Å². The zero-order chi connectivity index (χ0) is 15.1. The van der Waals surface area contributed by atoms with Gasteiger partial charge in [0.05, 0.1) is 9.13 Å². The van der Waals surface area contributed by atoms with E-state index in [-0.39, 0.29) is 17.1 Å². The van der Waals surface area contributed by atoms with Crippen molar-refractivity contribution < 1.29 is 28.6 Å². The molecule has 0 saturated carbocycles. The van der Waals surface area contributed by atoms with Crippen LogP contribution in [0.25, 0.3) is 0 Å². The Kier molecular flexibility index (Phi) is 3.72. The second kappa shape index (κ2) is 5.04. The van der Waals surface area contributed by atoms with Crippen molar-refractivity contribution in [3.05, 3.63) is 20.8 Å². The molecule has 0 saturated heterocycles. The smallest absolute Gasteiger partial charge is 0.393 e. The summed E-state index contributed by atoms with van der Waals surface area (Å²) in [5, 5.41) is 0. The molecule has 0 N–H and O–H groups in total. The lowest BCUT2D eigenvalue weighted by Crippen LogP contribution is -2.27. The number of rotatable bonds is 1. The van der Waals surface area contributed by atoms with E-state index in [1.54, 1.807) is 0 Å². The fraction of sp³-hybridized carbons (Fsp3) is 0.308. The van der Waals surface area contributed by atoms with Crippen molar-refractivity contribution >= 4 is 41.2 Å². The van der Waals surface area contributed by atoms with Crippen LogP contribution < -0.4 is 9.47 Å². The second-order valence-corrected chi connectivity index (χ2v) is 6.32. The van der Waals surface area contributed by atoms with Gasteiger partial charge in [0, 0.05) is 5.56 Å². The van der Waals surface area contributed by atoms with Crippen molar-refractivity contribution in [1.82, 2.24) is 0 Å².